The topological polar surface area (TPSA) is 45.1 Å². The average Bonchev–Trinajstić information content (AvgIpc) is 2.93. The van der Waals surface area contributed by atoms with Crippen molar-refractivity contribution in [3.63, 3.8) is 0 Å². The van der Waals surface area contributed by atoms with Crippen molar-refractivity contribution in [2.75, 3.05) is 26.2 Å². The van der Waals surface area contributed by atoms with Crippen molar-refractivity contribution in [3.05, 3.63) is 11.9 Å². The summed E-state index contributed by atoms with van der Waals surface area (Å²) < 4.78 is 7.23. The van der Waals surface area contributed by atoms with E-state index in [0.29, 0.717) is 17.0 Å². The van der Waals surface area contributed by atoms with E-state index in [1.165, 1.54) is 12.8 Å². The van der Waals surface area contributed by atoms with Gasteiger partial charge in [0, 0.05) is 44.7 Å². The molecule has 3 rings (SSSR count). The highest BCUT2D eigenvalue weighted by molar-refractivity contribution is 7.13. The molecule has 3 heterocycles. The minimum Gasteiger partial charge on any atom is -0.407 e. The fourth-order valence-corrected chi connectivity index (χ4v) is 3.58. The maximum Gasteiger partial charge on any atom is 0.365 e. The highest BCUT2D eigenvalue weighted by Gasteiger charge is 2.42. The van der Waals surface area contributed by atoms with E-state index in [-0.39, 0.29) is 5.97 Å². The zero-order chi connectivity index (χ0) is 12.8. The Bertz CT molecular complexity index is 449. The Morgan fingerprint density at radius 1 is 1.39 bits per heavy atom. The van der Waals surface area contributed by atoms with Crippen LogP contribution in [-0.4, -0.2) is 47.6 Å². The van der Waals surface area contributed by atoms with Crippen LogP contribution in [0.4, 0.5) is 0 Å². The molecule has 0 N–H and O–H groups in total. The van der Waals surface area contributed by atoms with E-state index in [1.807, 2.05) is 6.20 Å². The van der Waals surface area contributed by atoms with Gasteiger partial charge < -0.3 is 9.64 Å². The van der Waals surface area contributed by atoms with E-state index in [2.05, 4.69) is 24.0 Å². The van der Waals surface area contributed by atoms with Crippen molar-refractivity contribution in [3.8, 4) is 0 Å². The lowest BCUT2D eigenvalue weighted by Gasteiger charge is -2.22. The molecule has 3 aliphatic heterocycles. The summed E-state index contributed by atoms with van der Waals surface area (Å²) >= 11 is 0. The highest BCUT2D eigenvalue weighted by Crippen LogP contribution is 2.40. The van der Waals surface area contributed by atoms with Gasteiger partial charge in [-0.3, -0.25) is 4.67 Å². The number of cyclic esters (lactones) is 1. The number of hydrogen-bond acceptors (Lipinski definition) is 5. The number of nitrogens with zero attached hydrogens (tertiary/aromatic N) is 3. The van der Waals surface area contributed by atoms with Gasteiger partial charge in [0.1, 0.15) is 0 Å². The Labute approximate surface area is 109 Å². The summed E-state index contributed by atoms with van der Waals surface area (Å²) in [6.45, 7) is 6.00. The van der Waals surface area contributed by atoms with Crippen LogP contribution < -0.4 is 0 Å². The maximum atomic E-state index is 11.5. The minimum absolute atomic E-state index is 0.326. The number of hydrogen-bond donors (Lipinski definition) is 0. The lowest BCUT2D eigenvalue weighted by Crippen LogP contribution is -2.26. The smallest absolute Gasteiger partial charge is 0.365 e. The molecule has 0 aromatic rings. The zero-order valence-electron chi connectivity index (χ0n) is 10.6. The van der Waals surface area contributed by atoms with Crippen LogP contribution in [0.2, 0.25) is 0 Å². The number of ether oxygens (including phenoxy) is 1. The van der Waals surface area contributed by atoms with Crippen molar-refractivity contribution in [1.29, 1.82) is 0 Å². The molecule has 2 saturated heterocycles. The predicted molar refractivity (Wildman–Crippen MR) is 71.8 cm³/mol. The molecule has 18 heavy (non-hydrogen) atoms. The van der Waals surface area contributed by atoms with Gasteiger partial charge in [-0.05, 0) is 12.8 Å². The van der Waals surface area contributed by atoms with Crippen LogP contribution in [0, 0.1) is 5.41 Å². The summed E-state index contributed by atoms with van der Waals surface area (Å²) in [6.07, 6.45) is 4.29. The lowest BCUT2D eigenvalue weighted by atomic mass is 9.87. The van der Waals surface area contributed by atoms with Crippen LogP contribution in [0.1, 0.15) is 19.8 Å². The van der Waals surface area contributed by atoms with Crippen LogP contribution >= 0.6 is 9.39 Å². The van der Waals surface area contributed by atoms with Gasteiger partial charge in [0.15, 0.2) is 11.6 Å². The second kappa shape index (κ2) is 4.32. The van der Waals surface area contributed by atoms with Gasteiger partial charge >= 0.3 is 5.97 Å². The molecular formula is C12H18N3O2P. The van der Waals surface area contributed by atoms with Crippen LogP contribution in [0.15, 0.2) is 16.9 Å². The van der Waals surface area contributed by atoms with Crippen LogP contribution in [-0.2, 0) is 9.53 Å². The van der Waals surface area contributed by atoms with E-state index in [1.54, 1.807) is 6.92 Å². The van der Waals surface area contributed by atoms with Gasteiger partial charge in [0.05, 0.1) is 0 Å². The number of likely N-dealkylation sites (tertiary alicyclic amines) is 1. The molecule has 6 heteroatoms. The van der Waals surface area contributed by atoms with Gasteiger partial charge in [-0.25, -0.2) is 9.79 Å². The first kappa shape index (κ1) is 12.1. The Hall–Kier alpha value is -0.930. The average molecular weight is 267 g/mol. The minimum atomic E-state index is -0.326. The zero-order valence-corrected chi connectivity index (χ0v) is 11.7. The van der Waals surface area contributed by atoms with Crippen LogP contribution in [0.5, 0.6) is 0 Å². The lowest BCUT2D eigenvalue weighted by molar-refractivity contribution is -0.130. The Balaban J connectivity index is 1.70. The second-order valence-electron chi connectivity index (χ2n) is 5.48. The first-order valence-corrected chi connectivity index (χ1v) is 6.81. The number of rotatable bonds is 1. The molecule has 0 aromatic heterocycles. The molecule has 0 radical (unpaired) electrons. The van der Waals surface area contributed by atoms with Crippen molar-refractivity contribution < 1.29 is 9.53 Å². The molecule has 1 spiro atoms. The van der Waals surface area contributed by atoms with Crippen LogP contribution in [0.25, 0.3) is 0 Å². The van der Waals surface area contributed by atoms with E-state index in [4.69, 9.17) is 4.74 Å². The molecule has 2 fully saturated rings. The number of carbonyl (C=O) groups is 1. The standard InChI is InChI=1S/C12H18N3O2P/c1-9-13-10(11(16)17-9)6-14-4-2-12(7-14)3-5-15(18)8-12/h6H,2-5,7-8,18H2,1H3. The van der Waals surface area contributed by atoms with E-state index < -0.39 is 0 Å². The molecule has 0 saturated carbocycles. The molecular weight excluding hydrogens is 249 g/mol. The van der Waals surface area contributed by atoms with Crippen LogP contribution in [0.3, 0.4) is 0 Å². The molecule has 0 amide bonds. The largest absolute Gasteiger partial charge is 0.407 e. The summed E-state index contributed by atoms with van der Waals surface area (Å²) in [5, 5.41) is 0. The molecule has 0 bridgehead atoms. The predicted octanol–water partition coefficient (Wildman–Crippen LogP) is 0.991. The second-order valence-corrected chi connectivity index (χ2v) is 6.21. The third-order valence-electron chi connectivity index (χ3n) is 3.97. The SMILES string of the molecule is CC1=NC(=CN2CCC3(CCN(P)C3)C2)C(=O)O1. The molecule has 5 nitrogen and oxygen atoms in total. The first-order chi connectivity index (χ1) is 8.56. The van der Waals surface area contributed by atoms with Gasteiger partial charge in [0.2, 0.25) is 0 Å². The first-order valence-electron chi connectivity index (χ1n) is 6.29. The van der Waals surface area contributed by atoms with E-state index >= 15 is 0 Å². The molecule has 2 unspecified atom stereocenters. The summed E-state index contributed by atoms with van der Waals surface area (Å²) in [4.78, 5) is 17.8. The van der Waals surface area contributed by atoms with Crippen molar-refractivity contribution in [2.45, 2.75) is 19.8 Å². The van der Waals surface area contributed by atoms with Gasteiger partial charge in [-0.15, -0.1) is 0 Å². The Morgan fingerprint density at radius 3 is 2.78 bits per heavy atom. The molecule has 98 valence electrons. The van der Waals surface area contributed by atoms with Crippen molar-refractivity contribution in [2.24, 2.45) is 10.4 Å². The fourth-order valence-electron chi connectivity index (χ4n) is 3.06. The Morgan fingerprint density at radius 2 is 2.17 bits per heavy atom. The summed E-state index contributed by atoms with van der Waals surface area (Å²) in [5.74, 6) is 0.115. The summed E-state index contributed by atoms with van der Waals surface area (Å²) in [6, 6.07) is 0. The van der Waals surface area contributed by atoms with Gasteiger partial charge in [-0.2, -0.15) is 0 Å². The monoisotopic (exact) mass is 267 g/mol. The number of aliphatic imine (C=N–C) groups is 1. The normalized spacial score (nSPS) is 34.8. The number of esters is 1. The highest BCUT2D eigenvalue weighted by atomic mass is 31.0. The molecule has 3 aliphatic rings. The van der Waals surface area contributed by atoms with E-state index in [9.17, 15) is 4.79 Å². The maximum absolute atomic E-state index is 11.5. The van der Waals surface area contributed by atoms with Gasteiger partial charge in [-0.1, -0.05) is 9.39 Å². The molecule has 0 aromatic carbocycles. The Kier molecular flexibility index (Phi) is 2.91. The fraction of sp³-hybridized carbons (Fsp3) is 0.667. The van der Waals surface area contributed by atoms with Gasteiger partial charge in [0.25, 0.3) is 0 Å². The number of carbonyl (C=O) groups excluding carboxylic acids is 1. The summed E-state index contributed by atoms with van der Waals surface area (Å²) in [7, 11) is 2.79. The third-order valence-corrected chi connectivity index (χ3v) is 4.41. The molecule has 2 atom stereocenters. The summed E-state index contributed by atoms with van der Waals surface area (Å²) in [5.41, 5.74) is 0.838. The quantitative estimate of drug-likeness (QED) is 0.404. The molecule has 0 aliphatic carbocycles. The van der Waals surface area contributed by atoms with Crippen molar-refractivity contribution in [1.82, 2.24) is 9.57 Å². The van der Waals surface area contributed by atoms with E-state index in [0.717, 1.165) is 26.2 Å². The van der Waals surface area contributed by atoms with Crippen molar-refractivity contribution >= 4 is 21.3 Å². The third kappa shape index (κ3) is 2.17.